The molecule has 0 aliphatic carbocycles. The Morgan fingerprint density at radius 1 is 1.09 bits per heavy atom. The molecule has 0 bridgehead atoms. The molecule has 0 unspecified atom stereocenters. The first-order valence-electron chi connectivity index (χ1n) is 10.0. The summed E-state index contributed by atoms with van der Waals surface area (Å²) in [5, 5.41) is 2.74. The summed E-state index contributed by atoms with van der Waals surface area (Å²) in [7, 11) is -3.55. The number of carbonyl (C=O) groups excluding carboxylic acids is 1. The Balaban J connectivity index is 1.47. The average Bonchev–Trinajstić information content (AvgIpc) is 2.79. The number of amides is 1. The Hall–Kier alpha value is -2.82. The van der Waals surface area contributed by atoms with Crippen LogP contribution in [0.3, 0.4) is 0 Å². The van der Waals surface area contributed by atoms with E-state index in [0.29, 0.717) is 44.8 Å². The standard InChI is InChI=1S/C22H24F2N2O5S/c23-22(24)31-19-6-1-18(2-7-19)11-12-25-21(27)10-5-17-3-8-20(9-4-17)32(28,29)26-13-15-30-16-14-26/h1-10,22H,11-16H2,(H,25,27)/b10-5+. The maximum Gasteiger partial charge on any atom is 0.387 e. The predicted molar refractivity (Wildman–Crippen MR) is 115 cm³/mol. The van der Waals surface area contributed by atoms with Gasteiger partial charge in [0.05, 0.1) is 18.1 Å². The Labute approximate surface area is 185 Å². The zero-order valence-electron chi connectivity index (χ0n) is 17.2. The molecule has 1 N–H and O–H groups in total. The first-order chi connectivity index (χ1) is 15.3. The van der Waals surface area contributed by atoms with Crippen molar-refractivity contribution in [2.45, 2.75) is 17.9 Å². The minimum Gasteiger partial charge on any atom is -0.435 e. The monoisotopic (exact) mass is 466 g/mol. The van der Waals surface area contributed by atoms with Crippen molar-refractivity contribution >= 4 is 22.0 Å². The molecule has 1 saturated heterocycles. The van der Waals surface area contributed by atoms with Gasteiger partial charge in [-0.2, -0.15) is 13.1 Å². The molecular weight excluding hydrogens is 442 g/mol. The van der Waals surface area contributed by atoms with Crippen molar-refractivity contribution in [1.82, 2.24) is 9.62 Å². The van der Waals surface area contributed by atoms with Crippen LogP contribution >= 0.6 is 0 Å². The fourth-order valence-corrected chi connectivity index (χ4v) is 4.49. The van der Waals surface area contributed by atoms with Gasteiger partial charge in [0.25, 0.3) is 0 Å². The Morgan fingerprint density at radius 3 is 2.38 bits per heavy atom. The van der Waals surface area contributed by atoms with E-state index in [2.05, 4.69) is 10.1 Å². The summed E-state index contributed by atoms with van der Waals surface area (Å²) in [6, 6.07) is 12.5. The van der Waals surface area contributed by atoms with Crippen molar-refractivity contribution in [2.24, 2.45) is 0 Å². The number of rotatable bonds is 9. The highest BCUT2D eigenvalue weighted by atomic mass is 32.2. The Kier molecular flexibility index (Phi) is 8.32. The number of morpholine rings is 1. The second-order valence-corrected chi connectivity index (χ2v) is 8.92. The van der Waals surface area contributed by atoms with Crippen molar-refractivity contribution in [3.05, 3.63) is 65.7 Å². The van der Waals surface area contributed by atoms with Gasteiger partial charge in [0.1, 0.15) is 5.75 Å². The number of carbonyl (C=O) groups is 1. The highest BCUT2D eigenvalue weighted by Crippen LogP contribution is 2.18. The SMILES string of the molecule is O=C(/C=C/c1ccc(S(=O)(=O)N2CCOCC2)cc1)NCCc1ccc(OC(F)F)cc1. The minimum atomic E-state index is -3.55. The molecule has 0 aromatic heterocycles. The summed E-state index contributed by atoms with van der Waals surface area (Å²) >= 11 is 0. The van der Waals surface area contributed by atoms with Crippen molar-refractivity contribution in [1.29, 1.82) is 0 Å². The van der Waals surface area contributed by atoms with Crippen molar-refractivity contribution < 1.29 is 31.5 Å². The number of halogens is 2. The molecule has 172 valence electrons. The lowest BCUT2D eigenvalue weighted by Gasteiger charge is -2.26. The minimum absolute atomic E-state index is 0.0829. The number of benzene rings is 2. The van der Waals surface area contributed by atoms with Crippen LogP contribution in [0, 0.1) is 0 Å². The molecule has 1 fully saturated rings. The van der Waals surface area contributed by atoms with Crippen LogP contribution in [-0.4, -0.2) is 58.1 Å². The summed E-state index contributed by atoms with van der Waals surface area (Å²) in [6.45, 7) is -1.07. The summed E-state index contributed by atoms with van der Waals surface area (Å²) in [5.74, 6) is -0.216. The van der Waals surface area contributed by atoms with Gasteiger partial charge in [-0.05, 0) is 47.9 Å². The van der Waals surface area contributed by atoms with Crippen LogP contribution in [0.15, 0.2) is 59.5 Å². The fourth-order valence-electron chi connectivity index (χ4n) is 3.09. The number of ether oxygens (including phenoxy) is 2. The number of nitrogens with one attached hydrogen (secondary N) is 1. The van der Waals surface area contributed by atoms with Gasteiger partial charge in [-0.3, -0.25) is 4.79 Å². The summed E-state index contributed by atoms with van der Waals surface area (Å²) < 4.78 is 60.4. The molecule has 7 nitrogen and oxygen atoms in total. The molecule has 1 amide bonds. The van der Waals surface area contributed by atoms with Crippen LogP contribution in [0.2, 0.25) is 0 Å². The van der Waals surface area contributed by atoms with Crippen LogP contribution < -0.4 is 10.1 Å². The highest BCUT2D eigenvalue weighted by Gasteiger charge is 2.25. The third-order valence-corrected chi connectivity index (χ3v) is 6.69. The zero-order valence-corrected chi connectivity index (χ0v) is 18.1. The Morgan fingerprint density at radius 2 is 1.75 bits per heavy atom. The molecule has 0 spiro atoms. The molecule has 1 heterocycles. The van der Waals surface area contributed by atoms with Crippen LogP contribution in [0.4, 0.5) is 8.78 Å². The van der Waals surface area contributed by atoms with Gasteiger partial charge in [0, 0.05) is 25.7 Å². The van der Waals surface area contributed by atoms with Gasteiger partial charge < -0.3 is 14.8 Å². The molecule has 0 saturated carbocycles. The second-order valence-electron chi connectivity index (χ2n) is 6.98. The number of hydrogen-bond acceptors (Lipinski definition) is 5. The lowest BCUT2D eigenvalue weighted by Crippen LogP contribution is -2.40. The van der Waals surface area contributed by atoms with Gasteiger partial charge >= 0.3 is 6.61 Å². The van der Waals surface area contributed by atoms with Crippen LogP contribution in [0.1, 0.15) is 11.1 Å². The molecule has 32 heavy (non-hydrogen) atoms. The number of nitrogens with zero attached hydrogens (tertiary/aromatic N) is 1. The van der Waals surface area contributed by atoms with E-state index in [9.17, 15) is 22.0 Å². The topological polar surface area (TPSA) is 84.9 Å². The van der Waals surface area contributed by atoms with Gasteiger partial charge in [0.15, 0.2) is 0 Å². The zero-order chi connectivity index (χ0) is 23.0. The summed E-state index contributed by atoms with van der Waals surface area (Å²) in [4.78, 5) is 12.2. The first-order valence-corrected chi connectivity index (χ1v) is 11.5. The smallest absolute Gasteiger partial charge is 0.387 e. The normalized spacial score (nSPS) is 15.2. The molecule has 1 aliphatic rings. The van der Waals surface area contributed by atoms with Crippen molar-refractivity contribution in [2.75, 3.05) is 32.8 Å². The number of hydrogen-bond donors (Lipinski definition) is 1. The predicted octanol–water partition coefficient (Wildman–Crippen LogP) is 2.68. The van der Waals surface area contributed by atoms with Crippen LogP contribution in [0.25, 0.3) is 6.08 Å². The van der Waals surface area contributed by atoms with Gasteiger partial charge in [-0.25, -0.2) is 8.42 Å². The highest BCUT2D eigenvalue weighted by molar-refractivity contribution is 7.89. The molecular formula is C22H24F2N2O5S. The van der Waals surface area contributed by atoms with Crippen molar-refractivity contribution in [3.63, 3.8) is 0 Å². The van der Waals surface area contributed by atoms with E-state index < -0.39 is 16.6 Å². The van der Waals surface area contributed by atoms with Crippen LogP contribution in [0.5, 0.6) is 5.75 Å². The average molecular weight is 467 g/mol. The molecule has 0 atom stereocenters. The third kappa shape index (κ3) is 6.84. The van der Waals surface area contributed by atoms with Gasteiger partial charge in [-0.15, -0.1) is 0 Å². The van der Waals surface area contributed by atoms with E-state index in [0.717, 1.165) is 5.56 Å². The lowest BCUT2D eigenvalue weighted by molar-refractivity contribution is -0.116. The van der Waals surface area contributed by atoms with Gasteiger partial charge in [-0.1, -0.05) is 24.3 Å². The molecule has 10 heteroatoms. The first kappa shape index (κ1) is 23.8. The second kappa shape index (κ2) is 11.2. The van der Waals surface area contributed by atoms with E-state index in [1.165, 1.54) is 34.6 Å². The van der Waals surface area contributed by atoms with E-state index in [1.54, 1.807) is 30.3 Å². The molecule has 2 aromatic rings. The Bertz CT molecular complexity index is 1020. The maximum atomic E-state index is 12.6. The van der Waals surface area contributed by atoms with E-state index in [-0.39, 0.29) is 16.6 Å². The van der Waals surface area contributed by atoms with Gasteiger partial charge in [0.2, 0.25) is 15.9 Å². The summed E-state index contributed by atoms with van der Waals surface area (Å²) in [5.41, 5.74) is 1.56. The maximum absolute atomic E-state index is 12.6. The largest absolute Gasteiger partial charge is 0.435 e. The van der Waals surface area contributed by atoms with E-state index >= 15 is 0 Å². The molecule has 3 rings (SSSR count). The molecule has 2 aromatic carbocycles. The number of sulfonamides is 1. The van der Waals surface area contributed by atoms with Crippen LogP contribution in [-0.2, 0) is 26.0 Å². The third-order valence-electron chi connectivity index (χ3n) is 4.78. The molecule has 1 aliphatic heterocycles. The summed E-state index contributed by atoms with van der Waals surface area (Å²) in [6.07, 6.45) is 3.49. The quantitative estimate of drug-likeness (QED) is 0.575. The van der Waals surface area contributed by atoms with Crippen molar-refractivity contribution in [3.8, 4) is 5.75 Å². The number of alkyl halides is 2. The molecule has 0 radical (unpaired) electrons. The van der Waals surface area contributed by atoms with E-state index in [1.807, 2.05) is 0 Å². The lowest BCUT2D eigenvalue weighted by atomic mass is 10.1. The fraction of sp³-hybridized carbons (Fsp3) is 0.318. The van der Waals surface area contributed by atoms with E-state index in [4.69, 9.17) is 4.74 Å².